The van der Waals surface area contributed by atoms with Gasteiger partial charge in [0.1, 0.15) is 24.6 Å². The first-order valence-corrected chi connectivity index (χ1v) is 8.02. The Hall–Kier alpha value is -2.76. The minimum Gasteiger partial charge on any atom is -0.486 e. The van der Waals surface area contributed by atoms with E-state index in [0.29, 0.717) is 37.7 Å². The smallest absolute Gasteiger partial charge is 0.341 e. The number of ether oxygens (including phenoxy) is 3. The van der Waals surface area contributed by atoms with Gasteiger partial charge in [0.15, 0.2) is 11.5 Å². The quantitative estimate of drug-likeness (QED) is 0.822. The van der Waals surface area contributed by atoms with Crippen LogP contribution >= 0.6 is 0 Å². The topological polar surface area (TPSA) is 69.7 Å². The summed E-state index contributed by atoms with van der Waals surface area (Å²) in [5.74, 6) is 1.73. The highest BCUT2D eigenvalue weighted by Gasteiger charge is 2.14. The molecule has 6 heteroatoms. The highest BCUT2D eigenvalue weighted by molar-refractivity contribution is 5.94. The minimum atomic E-state index is -0.368. The summed E-state index contributed by atoms with van der Waals surface area (Å²) in [6, 6.07) is 9.35. The maximum Gasteiger partial charge on any atom is 0.341 e. The number of anilines is 1. The van der Waals surface area contributed by atoms with E-state index in [1.165, 1.54) is 0 Å². The van der Waals surface area contributed by atoms with E-state index >= 15 is 0 Å². The SMILES string of the molecule is CCOC(=O)c1cccnc1NCCc1ccc2c(c1)OCCO2. The first-order chi connectivity index (χ1) is 11.8. The molecule has 1 aliphatic heterocycles. The van der Waals surface area contributed by atoms with Gasteiger partial charge in [0.2, 0.25) is 0 Å². The van der Waals surface area contributed by atoms with Crippen molar-refractivity contribution >= 4 is 11.8 Å². The average molecular weight is 328 g/mol. The molecule has 0 saturated carbocycles. The lowest BCUT2D eigenvalue weighted by molar-refractivity contribution is 0.0527. The van der Waals surface area contributed by atoms with Gasteiger partial charge in [0.05, 0.1) is 6.61 Å². The van der Waals surface area contributed by atoms with Crippen molar-refractivity contribution in [1.82, 2.24) is 4.98 Å². The van der Waals surface area contributed by atoms with Gasteiger partial charge in [-0.1, -0.05) is 6.07 Å². The van der Waals surface area contributed by atoms with Crippen LogP contribution in [0.4, 0.5) is 5.82 Å². The fourth-order valence-corrected chi connectivity index (χ4v) is 2.49. The number of pyridine rings is 1. The van der Waals surface area contributed by atoms with E-state index in [2.05, 4.69) is 10.3 Å². The first-order valence-electron chi connectivity index (χ1n) is 8.02. The zero-order chi connectivity index (χ0) is 16.8. The minimum absolute atomic E-state index is 0.338. The fraction of sp³-hybridized carbons (Fsp3) is 0.333. The summed E-state index contributed by atoms with van der Waals surface area (Å²) in [4.78, 5) is 16.2. The molecule has 0 spiro atoms. The number of nitrogens with one attached hydrogen (secondary N) is 1. The predicted octanol–water partition coefficient (Wildman–Crippen LogP) is 2.68. The van der Waals surface area contributed by atoms with Crippen LogP contribution in [0.2, 0.25) is 0 Å². The summed E-state index contributed by atoms with van der Waals surface area (Å²) in [5, 5.41) is 3.20. The largest absolute Gasteiger partial charge is 0.486 e. The van der Waals surface area contributed by atoms with Crippen molar-refractivity contribution in [2.24, 2.45) is 0 Å². The van der Waals surface area contributed by atoms with Crippen molar-refractivity contribution in [3.8, 4) is 11.5 Å². The fourth-order valence-electron chi connectivity index (χ4n) is 2.49. The van der Waals surface area contributed by atoms with Gasteiger partial charge in [0.25, 0.3) is 0 Å². The van der Waals surface area contributed by atoms with E-state index in [1.807, 2.05) is 18.2 Å². The molecule has 1 aromatic heterocycles. The van der Waals surface area contributed by atoms with Crippen molar-refractivity contribution in [2.75, 3.05) is 31.7 Å². The van der Waals surface area contributed by atoms with Crippen LogP contribution in [0, 0.1) is 0 Å². The normalized spacial score (nSPS) is 12.5. The molecule has 2 heterocycles. The number of carbonyl (C=O) groups excluding carboxylic acids is 1. The molecule has 0 bridgehead atoms. The van der Waals surface area contributed by atoms with Gasteiger partial charge in [-0.25, -0.2) is 9.78 Å². The number of nitrogens with zero attached hydrogens (tertiary/aromatic N) is 1. The van der Waals surface area contributed by atoms with Crippen molar-refractivity contribution in [3.63, 3.8) is 0 Å². The number of carbonyl (C=O) groups is 1. The lowest BCUT2D eigenvalue weighted by Gasteiger charge is -2.19. The summed E-state index contributed by atoms with van der Waals surface area (Å²) in [5.41, 5.74) is 1.57. The van der Waals surface area contributed by atoms with Gasteiger partial charge in [-0.2, -0.15) is 0 Å². The Morgan fingerprint density at radius 2 is 2.08 bits per heavy atom. The van der Waals surface area contributed by atoms with E-state index in [1.54, 1.807) is 25.3 Å². The van der Waals surface area contributed by atoms with E-state index < -0.39 is 0 Å². The number of fused-ring (bicyclic) bond motifs is 1. The zero-order valence-corrected chi connectivity index (χ0v) is 13.6. The van der Waals surface area contributed by atoms with Crippen LogP contribution in [-0.2, 0) is 11.2 Å². The molecule has 0 aliphatic carbocycles. The van der Waals surface area contributed by atoms with Crippen molar-refractivity contribution in [3.05, 3.63) is 47.7 Å². The maximum atomic E-state index is 11.9. The van der Waals surface area contributed by atoms with Gasteiger partial charge in [-0.15, -0.1) is 0 Å². The van der Waals surface area contributed by atoms with Gasteiger partial charge >= 0.3 is 5.97 Å². The molecule has 3 rings (SSSR count). The second-order valence-electron chi connectivity index (χ2n) is 5.27. The van der Waals surface area contributed by atoms with Crippen LogP contribution < -0.4 is 14.8 Å². The Kier molecular flexibility index (Phi) is 5.15. The molecule has 0 fully saturated rings. The Bertz CT molecular complexity index is 718. The standard InChI is InChI=1S/C18H20N2O4/c1-2-22-18(21)14-4-3-8-19-17(14)20-9-7-13-5-6-15-16(12-13)24-11-10-23-15/h3-6,8,12H,2,7,9-11H2,1H3,(H,19,20). The number of hydrogen-bond acceptors (Lipinski definition) is 6. The molecule has 2 aromatic rings. The summed E-state index contributed by atoms with van der Waals surface area (Å²) < 4.78 is 16.1. The molecule has 24 heavy (non-hydrogen) atoms. The number of esters is 1. The zero-order valence-electron chi connectivity index (χ0n) is 13.6. The molecule has 0 unspecified atom stereocenters. The van der Waals surface area contributed by atoms with Crippen LogP contribution in [0.15, 0.2) is 36.5 Å². The Morgan fingerprint density at radius 3 is 2.92 bits per heavy atom. The molecule has 1 aliphatic rings. The van der Waals surface area contributed by atoms with Crippen LogP contribution in [0.5, 0.6) is 11.5 Å². The van der Waals surface area contributed by atoms with Crippen LogP contribution in [0.25, 0.3) is 0 Å². The molecule has 0 amide bonds. The van der Waals surface area contributed by atoms with E-state index in [0.717, 1.165) is 23.5 Å². The highest BCUT2D eigenvalue weighted by atomic mass is 16.6. The summed E-state index contributed by atoms with van der Waals surface area (Å²) in [6.45, 7) is 3.92. The average Bonchev–Trinajstić information content (AvgIpc) is 2.62. The molecular formula is C18H20N2O4. The number of benzene rings is 1. The summed E-state index contributed by atoms with van der Waals surface area (Å²) >= 11 is 0. The third-order valence-corrected chi connectivity index (χ3v) is 3.62. The predicted molar refractivity (Wildman–Crippen MR) is 89.8 cm³/mol. The number of rotatable bonds is 6. The van der Waals surface area contributed by atoms with Gasteiger partial charge in [-0.3, -0.25) is 0 Å². The lowest BCUT2D eigenvalue weighted by Crippen LogP contribution is -2.16. The summed E-state index contributed by atoms with van der Waals surface area (Å²) in [7, 11) is 0. The molecule has 6 nitrogen and oxygen atoms in total. The molecule has 0 radical (unpaired) electrons. The third-order valence-electron chi connectivity index (χ3n) is 3.62. The van der Waals surface area contributed by atoms with Crippen molar-refractivity contribution in [2.45, 2.75) is 13.3 Å². The second kappa shape index (κ2) is 7.68. The molecule has 0 saturated heterocycles. The number of aromatic nitrogens is 1. The van der Waals surface area contributed by atoms with E-state index in [-0.39, 0.29) is 5.97 Å². The van der Waals surface area contributed by atoms with Gasteiger partial charge in [0, 0.05) is 12.7 Å². The van der Waals surface area contributed by atoms with Gasteiger partial charge < -0.3 is 19.5 Å². The molecular weight excluding hydrogens is 308 g/mol. The van der Waals surface area contributed by atoms with Crippen LogP contribution in [-0.4, -0.2) is 37.3 Å². The Labute approximate surface area is 140 Å². The van der Waals surface area contributed by atoms with E-state index in [4.69, 9.17) is 14.2 Å². The highest BCUT2D eigenvalue weighted by Crippen LogP contribution is 2.30. The lowest BCUT2D eigenvalue weighted by atomic mass is 10.1. The molecule has 1 N–H and O–H groups in total. The van der Waals surface area contributed by atoms with E-state index in [9.17, 15) is 4.79 Å². The summed E-state index contributed by atoms with van der Waals surface area (Å²) in [6.07, 6.45) is 2.42. The maximum absolute atomic E-state index is 11.9. The van der Waals surface area contributed by atoms with Gasteiger partial charge in [-0.05, 0) is 43.2 Å². The third kappa shape index (κ3) is 3.76. The number of hydrogen-bond donors (Lipinski definition) is 1. The van der Waals surface area contributed by atoms with Crippen molar-refractivity contribution in [1.29, 1.82) is 0 Å². The van der Waals surface area contributed by atoms with Crippen LogP contribution in [0.1, 0.15) is 22.8 Å². The molecule has 0 atom stereocenters. The Balaban J connectivity index is 1.62. The molecule has 126 valence electrons. The van der Waals surface area contributed by atoms with Crippen LogP contribution in [0.3, 0.4) is 0 Å². The Morgan fingerprint density at radius 1 is 1.25 bits per heavy atom. The monoisotopic (exact) mass is 328 g/mol. The second-order valence-corrected chi connectivity index (χ2v) is 5.27. The first kappa shape index (κ1) is 16.1. The van der Waals surface area contributed by atoms with Crippen molar-refractivity contribution < 1.29 is 19.0 Å². The molecule has 1 aromatic carbocycles.